The lowest BCUT2D eigenvalue weighted by atomic mass is 9.50. The molecule has 0 aromatic rings. The lowest BCUT2D eigenvalue weighted by Gasteiger charge is -2.55. The molecule has 4 aliphatic rings. The Balaban J connectivity index is 1.57. The van der Waals surface area contributed by atoms with Gasteiger partial charge in [0.1, 0.15) is 0 Å². The minimum atomic E-state index is -0.116. The van der Waals surface area contributed by atoms with E-state index in [1.165, 1.54) is 37.7 Å². The van der Waals surface area contributed by atoms with Crippen LogP contribution < -0.4 is 0 Å². The van der Waals surface area contributed by atoms with Crippen molar-refractivity contribution in [2.24, 2.45) is 46.3 Å². The Morgan fingerprint density at radius 1 is 0.931 bits per heavy atom. The Labute approximate surface area is 179 Å². The fourth-order valence-electron chi connectivity index (χ4n) is 7.59. The Morgan fingerprint density at radius 3 is 2.41 bits per heavy atom. The molecule has 4 rings (SSSR count). The van der Waals surface area contributed by atoms with E-state index in [1.807, 2.05) is 0 Å². The summed E-state index contributed by atoms with van der Waals surface area (Å²) in [5, 5.41) is 10.2. The van der Waals surface area contributed by atoms with Crippen molar-refractivity contribution in [1.29, 1.82) is 0 Å². The first-order chi connectivity index (χ1) is 13.7. The maximum absolute atomic E-state index is 10.2. The molecular weight excluding hydrogens is 352 g/mol. The summed E-state index contributed by atoms with van der Waals surface area (Å²) in [5.74, 6) is 4.38. The molecule has 0 spiro atoms. The second kappa shape index (κ2) is 7.70. The van der Waals surface area contributed by atoms with Gasteiger partial charge in [-0.2, -0.15) is 0 Å². The van der Waals surface area contributed by atoms with Crippen molar-refractivity contribution in [3.63, 3.8) is 0 Å². The van der Waals surface area contributed by atoms with Crippen LogP contribution in [0.1, 0.15) is 86.5 Å². The van der Waals surface area contributed by atoms with Crippen LogP contribution in [0.15, 0.2) is 35.5 Å². The van der Waals surface area contributed by atoms with E-state index in [1.54, 1.807) is 5.57 Å². The minimum absolute atomic E-state index is 0.116. The summed E-state index contributed by atoms with van der Waals surface area (Å²) < 4.78 is 0. The van der Waals surface area contributed by atoms with E-state index < -0.39 is 0 Å². The normalized spacial score (nSPS) is 44.0. The van der Waals surface area contributed by atoms with Gasteiger partial charge in [-0.3, -0.25) is 0 Å². The molecule has 0 aliphatic heterocycles. The fraction of sp³-hybridized carbons (Fsp3) is 0.786. The summed E-state index contributed by atoms with van der Waals surface area (Å²) in [6.07, 6.45) is 18.4. The van der Waals surface area contributed by atoms with Gasteiger partial charge in [-0.25, -0.2) is 0 Å². The summed E-state index contributed by atoms with van der Waals surface area (Å²) >= 11 is 0. The number of hydrogen-bond acceptors (Lipinski definition) is 1. The third-order valence-electron chi connectivity index (χ3n) is 10.0. The van der Waals surface area contributed by atoms with E-state index in [0.29, 0.717) is 22.7 Å². The summed E-state index contributed by atoms with van der Waals surface area (Å²) in [7, 11) is 0. The van der Waals surface area contributed by atoms with Crippen molar-refractivity contribution < 1.29 is 5.11 Å². The smallest absolute Gasteiger partial charge is 0.0578 e. The predicted molar refractivity (Wildman–Crippen MR) is 123 cm³/mol. The molecule has 4 aliphatic carbocycles. The Hall–Kier alpha value is -0.820. The molecule has 0 bridgehead atoms. The van der Waals surface area contributed by atoms with E-state index in [-0.39, 0.29) is 6.10 Å². The number of fused-ring (bicyclic) bond motifs is 5. The highest BCUT2D eigenvalue weighted by Crippen LogP contribution is 2.65. The molecule has 1 nitrogen and oxygen atoms in total. The van der Waals surface area contributed by atoms with Crippen LogP contribution in [-0.2, 0) is 0 Å². The first-order valence-corrected chi connectivity index (χ1v) is 12.4. The van der Waals surface area contributed by atoms with Gasteiger partial charge >= 0.3 is 0 Å². The Kier molecular flexibility index (Phi) is 5.69. The van der Waals surface area contributed by atoms with Crippen molar-refractivity contribution in [3.05, 3.63) is 35.5 Å². The first kappa shape index (κ1) is 21.4. The maximum Gasteiger partial charge on any atom is 0.0578 e. The van der Waals surface area contributed by atoms with Crippen LogP contribution in [0.5, 0.6) is 0 Å². The zero-order valence-corrected chi connectivity index (χ0v) is 19.7. The lowest BCUT2D eigenvalue weighted by Crippen LogP contribution is -2.46. The van der Waals surface area contributed by atoms with E-state index in [4.69, 9.17) is 0 Å². The highest BCUT2D eigenvalue weighted by molar-refractivity contribution is 5.39. The molecule has 3 fully saturated rings. The predicted octanol–water partition coefficient (Wildman–Crippen LogP) is 7.33. The summed E-state index contributed by atoms with van der Waals surface area (Å²) in [5.41, 5.74) is 4.07. The lowest BCUT2D eigenvalue weighted by molar-refractivity contribution is 0.0382. The van der Waals surface area contributed by atoms with Crippen molar-refractivity contribution in [1.82, 2.24) is 0 Å². The second-order valence-corrected chi connectivity index (χ2v) is 11.9. The van der Waals surface area contributed by atoms with E-state index >= 15 is 0 Å². The number of aliphatic hydroxyl groups is 1. The average Bonchev–Trinajstić information content (AvgIpc) is 3.03. The van der Waals surface area contributed by atoms with Crippen LogP contribution in [0.25, 0.3) is 0 Å². The topological polar surface area (TPSA) is 20.2 Å². The SMILES string of the molecule is CC(C)[C@@H](C)/C=C/[C@@H](C)[C@H]1CC[C@@H]2C3=CC=C4C[C@@H](O)CC[C@]4(C)[C@@H]3CC[C@@]21C. The highest BCUT2D eigenvalue weighted by atomic mass is 16.3. The number of aliphatic hydroxyl groups excluding tert-OH is 1. The first-order valence-electron chi connectivity index (χ1n) is 12.4. The van der Waals surface area contributed by atoms with Crippen LogP contribution in [0, 0.1) is 46.3 Å². The number of allylic oxidation sites excluding steroid dienone is 5. The van der Waals surface area contributed by atoms with Crippen LogP contribution >= 0.6 is 0 Å². The van der Waals surface area contributed by atoms with Gasteiger partial charge in [-0.1, -0.05) is 77.0 Å². The molecule has 0 amide bonds. The van der Waals surface area contributed by atoms with Gasteiger partial charge in [0, 0.05) is 0 Å². The van der Waals surface area contributed by atoms with Gasteiger partial charge in [-0.15, -0.1) is 0 Å². The molecule has 0 aromatic carbocycles. The Morgan fingerprint density at radius 2 is 1.69 bits per heavy atom. The molecule has 162 valence electrons. The quantitative estimate of drug-likeness (QED) is 0.493. The summed E-state index contributed by atoms with van der Waals surface area (Å²) in [4.78, 5) is 0. The molecule has 0 aromatic heterocycles. The molecule has 1 heteroatoms. The van der Waals surface area contributed by atoms with Crippen molar-refractivity contribution in [2.45, 2.75) is 92.6 Å². The molecule has 0 radical (unpaired) electrons. The highest BCUT2D eigenvalue weighted by Gasteiger charge is 2.56. The van der Waals surface area contributed by atoms with Crippen molar-refractivity contribution in [3.8, 4) is 0 Å². The van der Waals surface area contributed by atoms with Gasteiger partial charge in [0.05, 0.1) is 6.10 Å². The largest absolute Gasteiger partial charge is 0.393 e. The van der Waals surface area contributed by atoms with Gasteiger partial charge in [0.25, 0.3) is 0 Å². The van der Waals surface area contributed by atoms with Crippen LogP contribution in [0.3, 0.4) is 0 Å². The standard InChI is InChI=1S/C28H44O/c1-18(2)19(3)7-8-20(4)24-11-12-25-23-10-9-21-17-22(29)13-15-27(21,5)26(23)14-16-28(24,25)6/h7-10,18-20,22,24-26,29H,11-17H2,1-6H3/b8-7+/t19-,20+,22-,24+,25+,26+,27-,28+/m0/s1. The molecular formula is C28H44O. The van der Waals surface area contributed by atoms with Crippen molar-refractivity contribution in [2.75, 3.05) is 0 Å². The van der Waals surface area contributed by atoms with E-state index in [0.717, 1.165) is 36.5 Å². The number of rotatable bonds is 4. The molecule has 1 N–H and O–H groups in total. The molecule has 0 heterocycles. The zero-order valence-electron chi connectivity index (χ0n) is 19.7. The van der Waals surface area contributed by atoms with Crippen LogP contribution in [0.4, 0.5) is 0 Å². The third kappa shape index (κ3) is 3.50. The van der Waals surface area contributed by atoms with Crippen molar-refractivity contribution >= 4 is 0 Å². The number of hydrogen-bond donors (Lipinski definition) is 1. The summed E-state index contributed by atoms with van der Waals surface area (Å²) in [6.45, 7) is 14.6. The zero-order chi connectivity index (χ0) is 21.0. The van der Waals surface area contributed by atoms with Gasteiger partial charge in [0.2, 0.25) is 0 Å². The molecule has 8 atom stereocenters. The molecule has 0 unspecified atom stereocenters. The van der Waals surface area contributed by atoms with Crippen LogP contribution in [-0.4, -0.2) is 11.2 Å². The monoisotopic (exact) mass is 396 g/mol. The van der Waals surface area contributed by atoms with Gasteiger partial charge in [-0.05, 0) is 91.3 Å². The van der Waals surface area contributed by atoms with Gasteiger partial charge in [0.15, 0.2) is 0 Å². The van der Waals surface area contributed by atoms with Gasteiger partial charge < -0.3 is 5.11 Å². The maximum atomic E-state index is 10.2. The second-order valence-electron chi connectivity index (χ2n) is 11.9. The van der Waals surface area contributed by atoms with E-state index in [9.17, 15) is 5.11 Å². The molecule has 3 saturated carbocycles. The molecule has 29 heavy (non-hydrogen) atoms. The summed E-state index contributed by atoms with van der Waals surface area (Å²) in [6, 6.07) is 0. The average molecular weight is 397 g/mol. The Bertz CT molecular complexity index is 712. The van der Waals surface area contributed by atoms with Crippen LogP contribution in [0.2, 0.25) is 0 Å². The fourth-order valence-corrected chi connectivity index (χ4v) is 7.59. The minimum Gasteiger partial charge on any atom is -0.393 e. The van der Waals surface area contributed by atoms with E-state index in [2.05, 4.69) is 65.8 Å². The molecule has 0 saturated heterocycles. The third-order valence-corrected chi connectivity index (χ3v) is 10.0.